The molecule has 5 heteroatoms. The molecule has 0 amide bonds. The van der Waals surface area contributed by atoms with Gasteiger partial charge < -0.3 is 10.2 Å². The summed E-state index contributed by atoms with van der Waals surface area (Å²) in [5, 5.41) is 21.9. The lowest BCUT2D eigenvalue weighted by Gasteiger charge is -2.17. The van der Waals surface area contributed by atoms with Crippen LogP contribution in [0.15, 0.2) is 59.5 Å². The average molecular weight is 368 g/mol. The van der Waals surface area contributed by atoms with E-state index in [1.807, 2.05) is 31.2 Å². The van der Waals surface area contributed by atoms with Crippen LogP contribution in [0.25, 0.3) is 10.8 Å². The first-order chi connectivity index (χ1) is 12.3. The van der Waals surface area contributed by atoms with E-state index in [1.165, 1.54) is 0 Å². The largest absolute Gasteiger partial charge is 0.481 e. The minimum Gasteiger partial charge on any atom is -0.481 e. The molecule has 3 aromatic carbocycles. The van der Waals surface area contributed by atoms with Crippen LogP contribution in [0.1, 0.15) is 28.4 Å². The summed E-state index contributed by atoms with van der Waals surface area (Å²) in [5.74, 6) is -0.910. The zero-order valence-corrected chi connectivity index (χ0v) is 15.4. The van der Waals surface area contributed by atoms with Crippen molar-refractivity contribution in [2.24, 2.45) is 0 Å². The van der Waals surface area contributed by atoms with Crippen molar-refractivity contribution < 1.29 is 19.2 Å². The van der Waals surface area contributed by atoms with E-state index in [4.69, 9.17) is 5.11 Å². The quantitative estimate of drug-likeness (QED) is 0.722. The lowest BCUT2D eigenvalue weighted by atomic mass is 9.92. The van der Waals surface area contributed by atoms with Crippen molar-refractivity contribution in [2.45, 2.75) is 24.3 Å². The van der Waals surface area contributed by atoms with Gasteiger partial charge >= 0.3 is 5.97 Å². The van der Waals surface area contributed by atoms with Gasteiger partial charge in [0.05, 0.1) is 6.42 Å². The summed E-state index contributed by atoms with van der Waals surface area (Å²) >= 11 is 0. The first-order valence-electron chi connectivity index (χ1n) is 8.21. The molecule has 0 radical (unpaired) electrons. The molecule has 2 N–H and O–H groups in total. The lowest BCUT2D eigenvalue weighted by molar-refractivity contribution is -0.136. The summed E-state index contributed by atoms with van der Waals surface area (Å²) in [6, 6.07) is 16.5. The molecule has 0 saturated carbocycles. The fourth-order valence-corrected chi connectivity index (χ4v) is 3.61. The van der Waals surface area contributed by atoms with Gasteiger partial charge in [0.15, 0.2) is 0 Å². The van der Waals surface area contributed by atoms with Crippen LogP contribution in [-0.2, 0) is 22.0 Å². The molecule has 0 aliphatic rings. The van der Waals surface area contributed by atoms with Crippen LogP contribution < -0.4 is 0 Å². The molecule has 3 rings (SSSR count). The van der Waals surface area contributed by atoms with Gasteiger partial charge in [0.1, 0.15) is 6.10 Å². The fraction of sp³-hybridized carbons (Fsp3) is 0.190. The molecule has 4 nitrogen and oxygen atoms in total. The summed E-state index contributed by atoms with van der Waals surface area (Å²) in [6.45, 7) is 1.98. The topological polar surface area (TPSA) is 74.6 Å². The third-order valence-electron chi connectivity index (χ3n) is 4.38. The second-order valence-corrected chi connectivity index (χ2v) is 7.79. The maximum absolute atomic E-state index is 11.5. The summed E-state index contributed by atoms with van der Waals surface area (Å²) in [6.07, 6.45) is 0.612. The van der Waals surface area contributed by atoms with Crippen LogP contribution in [0, 0.1) is 6.92 Å². The van der Waals surface area contributed by atoms with E-state index in [1.54, 1.807) is 36.6 Å². The molecule has 0 fully saturated rings. The molecular weight excluding hydrogens is 348 g/mol. The fourth-order valence-electron chi connectivity index (χ4n) is 3.09. The third-order valence-corrected chi connectivity index (χ3v) is 5.32. The Bertz CT molecular complexity index is 993. The van der Waals surface area contributed by atoms with E-state index in [-0.39, 0.29) is 6.42 Å². The van der Waals surface area contributed by atoms with E-state index in [0.717, 1.165) is 16.3 Å². The molecule has 0 aliphatic heterocycles. The maximum Gasteiger partial charge on any atom is 0.307 e. The molecule has 2 unspecified atom stereocenters. The van der Waals surface area contributed by atoms with E-state index < -0.39 is 22.9 Å². The number of carboxylic acid groups (broad SMARTS) is 1. The highest BCUT2D eigenvalue weighted by Gasteiger charge is 2.16. The van der Waals surface area contributed by atoms with Gasteiger partial charge in [0.2, 0.25) is 0 Å². The summed E-state index contributed by atoms with van der Waals surface area (Å²) < 4.78 is 11.5. The van der Waals surface area contributed by atoms with Crippen molar-refractivity contribution in [2.75, 3.05) is 6.26 Å². The van der Waals surface area contributed by atoms with Crippen molar-refractivity contribution in [3.05, 3.63) is 76.9 Å². The van der Waals surface area contributed by atoms with Crippen LogP contribution in [-0.4, -0.2) is 26.6 Å². The van der Waals surface area contributed by atoms with E-state index in [2.05, 4.69) is 0 Å². The Kier molecular flexibility index (Phi) is 5.20. The van der Waals surface area contributed by atoms with Gasteiger partial charge in [0, 0.05) is 22.0 Å². The van der Waals surface area contributed by atoms with Crippen LogP contribution in [0.4, 0.5) is 0 Å². The molecule has 0 aliphatic carbocycles. The lowest BCUT2D eigenvalue weighted by Crippen LogP contribution is -2.05. The number of hydrogen-bond acceptors (Lipinski definition) is 3. The highest BCUT2D eigenvalue weighted by atomic mass is 32.2. The maximum atomic E-state index is 11.5. The van der Waals surface area contributed by atoms with Gasteiger partial charge in [-0.05, 0) is 46.5 Å². The van der Waals surface area contributed by atoms with Gasteiger partial charge in [-0.25, -0.2) is 0 Å². The van der Waals surface area contributed by atoms with Crippen molar-refractivity contribution in [3.63, 3.8) is 0 Å². The summed E-state index contributed by atoms with van der Waals surface area (Å²) in [7, 11) is -1.08. The molecule has 0 saturated heterocycles. The van der Waals surface area contributed by atoms with Gasteiger partial charge in [-0.1, -0.05) is 48.0 Å². The Labute approximate surface area is 154 Å². The molecule has 3 aromatic rings. The number of aliphatic hydroxyl groups excluding tert-OH is 1. The second kappa shape index (κ2) is 7.40. The summed E-state index contributed by atoms with van der Waals surface area (Å²) in [4.78, 5) is 11.8. The minimum absolute atomic E-state index is 0.0999. The number of fused-ring (bicyclic) bond motifs is 1. The molecule has 26 heavy (non-hydrogen) atoms. The van der Waals surface area contributed by atoms with Gasteiger partial charge in [-0.15, -0.1) is 0 Å². The van der Waals surface area contributed by atoms with Crippen LogP contribution in [0.5, 0.6) is 0 Å². The van der Waals surface area contributed by atoms with Crippen LogP contribution in [0.2, 0.25) is 0 Å². The van der Waals surface area contributed by atoms with Crippen molar-refractivity contribution in [1.29, 1.82) is 0 Å². The Morgan fingerprint density at radius 3 is 2.38 bits per heavy atom. The first kappa shape index (κ1) is 18.3. The third kappa shape index (κ3) is 3.84. The van der Waals surface area contributed by atoms with E-state index in [9.17, 15) is 14.1 Å². The average Bonchev–Trinajstić information content (AvgIpc) is 2.60. The minimum atomic E-state index is -1.08. The van der Waals surface area contributed by atoms with Crippen molar-refractivity contribution in [1.82, 2.24) is 0 Å². The predicted octanol–water partition coefficient (Wildman–Crippen LogP) is 3.59. The monoisotopic (exact) mass is 368 g/mol. The predicted molar refractivity (Wildman–Crippen MR) is 103 cm³/mol. The Morgan fingerprint density at radius 2 is 1.77 bits per heavy atom. The molecule has 0 aromatic heterocycles. The second-order valence-electron chi connectivity index (χ2n) is 6.41. The standard InChI is InChI=1S/C21H20O4S/c1-13-3-4-16-10-14(12-20(22)23)11-19(18(16)9-13)21(24)15-5-7-17(8-6-15)26(2)25/h3-11,21,24H,12H2,1-2H3,(H,22,23). The molecule has 0 bridgehead atoms. The number of carboxylic acids is 1. The van der Waals surface area contributed by atoms with Crippen molar-refractivity contribution >= 4 is 27.5 Å². The van der Waals surface area contributed by atoms with Crippen LogP contribution >= 0.6 is 0 Å². The SMILES string of the molecule is Cc1ccc2cc(CC(=O)O)cc(C(O)c3ccc(S(C)=O)cc3)c2c1. The molecular formula is C21H20O4S. The van der Waals surface area contributed by atoms with E-state index >= 15 is 0 Å². The number of aliphatic hydroxyl groups is 1. The highest BCUT2D eigenvalue weighted by molar-refractivity contribution is 7.84. The van der Waals surface area contributed by atoms with E-state index in [0.29, 0.717) is 21.6 Å². The van der Waals surface area contributed by atoms with Crippen LogP contribution in [0.3, 0.4) is 0 Å². The number of aryl methyl sites for hydroxylation is 1. The number of hydrogen-bond donors (Lipinski definition) is 2. The zero-order chi connectivity index (χ0) is 18.8. The first-order valence-corrected chi connectivity index (χ1v) is 9.77. The molecule has 0 spiro atoms. The molecule has 134 valence electrons. The van der Waals surface area contributed by atoms with Gasteiger partial charge in [0.25, 0.3) is 0 Å². The number of rotatable bonds is 5. The number of aliphatic carboxylic acids is 1. The van der Waals surface area contributed by atoms with Gasteiger partial charge in [-0.2, -0.15) is 0 Å². The molecule has 2 atom stereocenters. The Morgan fingerprint density at radius 1 is 1.08 bits per heavy atom. The highest BCUT2D eigenvalue weighted by Crippen LogP contribution is 2.31. The normalized spacial score (nSPS) is 13.5. The van der Waals surface area contributed by atoms with Gasteiger partial charge in [-0.3, -0.25) is 9.00 Å². The zero-order valence-electron chi connectivity index (χ0n) is 14.6. The number of carbonyl (C=O) groups is 1. The molecule has 0 heterocycles. The Balaban J connectivity index is 2.12. The summed E-state index contributed by atoms with van der Waals surface area (Å²) in [5.41, 5.74) is 3.06. The van der Waals surface area contributed by atoms with Crippen molar-refractivity contribution in [3.8, 4) is 0 Å². The smallest absolute Gasteiger partial charge is 0.307 e. The Hall–Kier alpha value is -2.50. The number of benzene rings is 3.